The lowest BCUT2D eigenvalue weighted by Crippen LogP contribution is -2.40. The zero-order chi connectivity index (χ0) is 13.2. The van der Waals surface area contributed by atoms with E-state index in [0.717, 1.165) is 19.4 Å². The molecular formula is C12H15N5O2. The summed E-state index contributed by atoms with van der Waals surface area (Å²) in [6.45, 7) is 3.17. The van der Waals surface area contributed by atoms with Crippen molar-refractivity contribution in [1.29, 1.82) is 0 Å². The number of hydrogen-bond donors (Lipinski definition) is 0. The van der Waals surface area contributed by atoms with Crippen molar-refractivity contribution in [3.8, 4) is 0 Å². The smallest absolute Gasteiger partial charge is 0.292 e. The summed E-state index contributed by atoms with van der Waals surface area (Å²) >= 11 is 0. The lowest BCUT2D eigenvalue weighted by atomic mass is 10.1. The number of aromatic nitrogens is 4. The maximum Gasteiger partial charge on any atom is 0.292 e. The number of rotatable bonds is 2. The molecule has 3 rings (SSSR count). The number of aryl methyl sites for hydroxylation is 1. The van der Waals surface area contributed by atoms with Gasteiger partial charge in [-0.15, -0.1) is 0 Å². The van der Waals surface area contributed by atoms with Crippen molar-refractivity contribution in [2.24, 2.45) is 0 Å². The summed E-state index contributed by atoms with van der Waals surface area (Å²) in [6.07, 6.45) is 5.16. The van der Waals surface area contributed by atoms with E-state index < -0.39 is 0 Å². The molecule has 7 heteroatoms. The summed E-state index contributed by atoms with van der Waals surface area (Å²) in [5, 5.41) is 7.89. The summed E-state index contributed by atoms with van der Waals surface area (Å²) in [4.78, 5) is 18.0. The summed E-state index contributed by atoms with van der Waals surface area (Å²) in [6, 6.07) is 1.85. The first-order valence-electron chi connectivity index (χ1n) is 6.31. The molecule has 0 saturated carbocycles. The van der Waals surface area contributed by atoms with Crippen molar-refractivity contribution < 1.29 is 9.32 Å². The van der Waals surface area contributed by atoms with Gasteiger partial charge in [0.1, 0.15) is 12.7 Å². The SMILES string of the molecule is Cc1cc(C(=O)N2CCC[C@@H](n3cncn3)C2)on1. The lowest BCUT2D eigenvalue weighted by molar-refractivity contribution is 0.0631. The average molecular weight is 261 g/mol. The Hall–Kier alpha value is -2.18. The Morgan fingerprint density at radius 2 is 2.42 bits per heavy atom. The van der Waals surface area contributed by atoms with Crippen LogP contribution in [0.25, 0.3) is 0 Å². The number of nitrogens with zero attached hydrogens (tertiary/aromatic N) is 5. The van der Waals surface area contributed by atoms with Gasteiger partial charge in [-0.2, -0.15) is 5.10 Å². The summed E-state index contributed by atoms with van der Waals surface area (Å²) in [7, 11) is 0. The van der Waals surface area contributed by atoms with Gasteiger partial charge in [0, 0.05) is 19.2 Å². The molecule has 1 atom stereocenters. The first-order valence-corrected chi connectivity index (χ1v) is 6.31. The zero-order valence-corrected chi connectivity index (χ0v) is 10.7. The first-order chi connectivity index (χ1) is 9.24. The van der Waals surface area contributed by atoms with Crippen molar-refractivity contribution in [3.63, 3.8) is 0 Å². The van der Waals surface area contributed by atoms with Gasteiger partial charge in [0.05, 0.1) is 11.7 Å². The molecule has 1 aliphatic rings. The number of carbonyl (C=O) groups is 1. The van der Waals surface area contributed by atoms with Crippen molar-refractivity contribution in [2.75, 3.05) is 13.1 Å². The molecule has 0 aliphatic carbocycles. The van der Waals surface area contributed by atoms with Crippen molar-refractivity contribution in [3.05, 3.63) is 30.2 Å². The number of carbonyl (C=O) groups excluding carboxylic acids is 1. The van der Waals surface area contributed by atoms with E-state index in [0.29, 0.717) is 18.0 Å². The molecule has 1 amide bonds. The van der Waals surface area contributed by atoms with Gasteiger partial charge >= 0.3 is 0 Å². The molecule has 0 aromatic carbocycles. The third-order valence-corrected chi connectivity index (χ3v) is 3.33. The van der Waals surface area contributed by atoms with Crippen molar-refractivity contribution in [2.45, 2.75) is 25.8 Å². The van der Waals surface area contributed by atoms with Gasteiger partial charge in [0.25, 0.3) is 5.91 Å². The second-order valence-electron chi connectivity index (χ2n) is 4.76. The minimum Gasteiger partial charge on any atom is -0.351 e. The number of hydrogen-bond acceptors (Lipinski definition) is 5. The minimum absolute atomic E-state index is 0.106. The second-order valence-corrected chi connectivity index (χ2v) is 4.76. The Morgan fingerprint density at radius 3 is 3.11 bits per heavy atom. The molecule has 2 aromatic rings. The highest BCUT2D eigenvalue weighted by molar-refractivity contribution is 5.91. The second kappa shape index (κ2) is 4.83. The molecule has 0 radical (unpaired) electrons. The van der Waals surface area contributed by atoms with E-state index in [1.807, 2.05) is 4.68 Å². The highest BCUT2D eigenvalue weighted by Crippen LogP contribution is 2.21. The molecule has 0 unspecified atom stereocenters. The monoisotopic (exact) mass is 261 g/mol. The van der Waals surface area contributed by atoms with E-state index >= 15 is 0 Å². The molecule has 3 heterocycles. The van der Waals surface area contributed by atoms with Crippen LogP contribution in [0.1, 0.15) is 35.1 Å². The van der Waals surface area contributed by atoms with Gasteiger partial charge in [0.2, 0.25) is 5.76 Å². The average Bonchev–Trinajstić information content (AvgIpc) is 3.09. The van der Waals surface area contributed by atoms with E-state index in [-0.39, 0.29) is 11.9 Å². The molecule has 2 aromatic heterocycles. The van der Waals surface area contributed by atoms with Gasteiger partial charge in [-0.05, 0) is 19.8 Å². The Morgan fingerprint density at radius 1 is 1.53 bits per heavy atom. The molecule has 1 saturated heterocycles. The molecule has 1 fully saturated rings. The summed E-state index contributed by atoms with van der Waals surface area (Å²) in [5.74, 6) is 0.196. The zero-order valence-electron chi connectivity index (χ0n) is 10.7. The van der Waals surface area contributed by atoms with Crippen molar-refractivity contribution >= 4 is 5.91 Å². The van der Waals surface area contributed by atoms with E-state index in [4.69, 9.17) is 4.52 Å². The molecular weight excluding hydrogens is 246 g/mol. The van der Waals surface area contributed by atoms with Gasteiger partial charge in [0.15, 0.2) is 0 Å². The van der Waals surface area contributed by atoms with Crippen LogP contribution in [-0.4, -0.2) is 43.8 Å². The van der Waals surface area contributed by atoms with Crippen LogP contribution in [-0.2, 0) is 0 Å². The third kappa shape index (κ3) is 2.35. The van der Waals surface area contributed by atoms with Crippen LogP contribution >= 0.6 is 0 Å². The van der Waals surface area contributed by atoms with Crippen LogP contribution in [0.2, 0.25) is 0 Å². The van der Waals surface area contributed by atoms with Crippen LogP contribution in [0, 0.1) is 6.92 Å². The number of likely N-dealkylation sites (tertiary alicyclic amines) is 1. The van der Waals surface area contributed by atoms with Gasteiger partial charge in [-0.3, -0.25) is 4.79 Å². The first kappa shape index (κ1) is 11.9. The molecule has 0 spiro atoms. The number of piperidine rings is 1. The van der Waals surface area contributed by atoms with Crippen LogP contribution in [0.15, 0.2) is 23.2 Å². The molecule has 0 N–H and O–H groups in total. The fourth-order valence-corrected chi connectivity index (χ4v) is 2.38. The molecule has 100 valence electrons. The Balaban J connectivity index is 1.73. The van der Waals surface area contributed by atoms with Crippen LogP contribution in [0.5, 0.6) is 0 Å². The molecule has 1 aliphatic heterocycles. The Kier molecular flexibility index (Phi) is 3.02. The summed E-state index contributed by atoms with van der Waals surface area (Å²) < 4.78 is 6.84. The van der Waals surface area contributed by atoms with E-state index in [2.05, 4.69) is 15.2 Å². The van der Waals surface area contributed by atoms with E-state index in [9.17, 15) is 4.79 Å². The lowest BCUT2D eigenvalue weighted by Gasteiger charge is -2.31. The predicted octanol–water partition coefficient (Wildman–Crippen LogP) is 1.05. The summed E-state index contributed by atoms with van der Waals surface area (Å²) in [5.41, 5.74) is 0.716. The predicted molar refractivity (Wildman–Crippen MR) is 65.4 cm³/mol. The maximum absolute atomic E-state index is 12.3. The molecule has 7 nitrogen and oxygen atoms in total. The van der Waals surface area contributed by atoms with Crippen LogP contribution in [0.3, 0.4) is 0 Å². The highest BCUT2D eigenvalue weighted by atomic mass is 16.5. The molecule has 0 bridgehead atoms. The van der Waals surface area contributed by atoms with Gasteiger partial charge < -0.3 is 9.42 Å². The van der Waals surface area contributed by atoms with Gasteiger partial charge in [-0.1, -0.05) is 5.16 Å². The fraction of sp³-hybridized carbons (Fsp3) is 0.500. The standard InChI is InChI=1S/C12H15N5O2/c1-9-5-11(19-15-9)12(18)16-4-2-3-10(6-16)17-8-13-7-14-17/h5,7-8,10H,2-4,6H2,1H3/t10-/m1/s1. The van der Waals surface area contributed by atoms with Crippen molar-refractivity contribution in [1.82, 2.24) is 24.8 Å². The number of amides is 1. The largest absolute Gasteiger partial charge is 0.351 e. The van der Waals surface area contributed by atoms with E-state index in [1.165, 1.54) is 6.33 Å². The third-order valence-electron chi connectivity index (χ3n) is 3.33. The van der Waals surface area contributed by atoms with Crippen LogP contribution in [0.4, 0.5) is 0 Å². The fourth-order valence-electron chi connectivity index (χ4n) is 2.38. The Bertz CT molecular complexity index is 562. The maximum atomic E-state index is 12.3. The Labute approximate surface area is 110 Å². The van der Waals surface area contributed by atoms with Crippen LogP contribution < -0.4 is 0 Å². The van der Waals surface area contributed by atoms with Gasteiger partial charge in [-0.25, -0.2) is 9.67 Å². The normalized spacial score (nSPS) is 19.6. The van der Waals surface area contributed by atoms with E-state index in [1.54, 1.807) is 24.2 Å². The topological polar surface area (TPSA) is 77.0 Å². The highest BCUT2D eigenvalue weighted by Gasteiger charge is 2.27. The minimum atomic E-state index is -0.106. The quantitative estimate of drug-likeness (QED) is 0.807. The molecule has 19 heavy (non-hydrogen) atoms.